The number of aliphatic hydroxyl groups is 1. The van der Waals surface area contributed by atoms with E-state index in [0.29, 0.717) is 12.8 Å². The van der Waals surface area contributed by atoms with Crippen molar-refractivity contribution in [1.29, 1.82) is 0 Å². The third kappa shape index (κ3) is 5.51. The molecule has 0 fully saturated rings. The Hall–Kier alpha value is -0.630. The summed E-state index contributed by atoms with van der Waals surface area (Å²) in [6, 6.07) is 0. The molecule has 0 saturated carbocycles. The molecule has 0 saturated heterocycles. The van der Waals surface area contributed by atoms with Crippen LogP contribution in [0.25, 0.3) is 0 Å². The van der Waals surface area contributed by atoms with Gasteiger partial charge in [-0.2, -0.15) is 0 Å². The van der Waals surface area contributed by atoms with Crippen LogP contribution in [0.4, 0.5) is 0 Å². The van der Waals surface area contributed by atoms with Crippen molar-refractivity contribution < 1.29 is 9.90 Å². The zero-order valence-electron chi connectivity index (χ0n) is 6.34. The molecular weight excluding hydrogens is 128 g/mol. The van der Waals surface area contributed by atoms with E-state index >= 15 is 0 Å². The Morgan fingerprint density at radius 2 is 2.40 bits per heavy atom. The lowest BCUT2D eigenvalue weighted by Crippen LogP contribution is -2.00. The molecule has 1 N–H and O–H groups in total. The molecule has 0 aliphatic carbocycles. The van der Waals surface area contributed by atoms with Crippen molar-refractivity contribution in [3.05, 3.63) is 12.7 Å². The van der Waals surface area contributed by atoms with Crippen molar-refractivity contribution in [2.75, 3.05) is 0 Å². The van der Waals surface area contributed by atoms with Crippen molar-refractivity contribution in [2.24, 2.45) is 0 Å². The number of hydrogen-bond acceptors (Lipinski definition) is 2. The van der Waals surface area contributed by atoms with E-state index in [4.69, 9.17) is 5.11 Å². The Bertz CT molecular complexity index is 116. The Morgan fingerprint density at radius 3 is 2.80 bits per heavy atom. The highest BCUT2D eigenvalue weighted by Crippen LogP contribution is 2.00. The largest absolute Gasteiger partial charge is 0.393 e. The summed E-state index contributed by atoms with van der Waals surface area (Å²) < 4.78 is 0. The van der Waals surface area contributed by atoms with Gasteiger partial charge in [0.05, 0.1) is 6.10 Å². The number of aliphatic hydroxyl groups excluding tert-OH is 1. The van der Waals surface area contributed by atoms with Crippen LogP contribution in [0, 0.1) is 0 Å². The fraction of sp³-hybridized carbons (Fsp3) is 0.625. The van der Waals surface area contributed by atoms with Gasteiger partial charge >= 0.3 is 0 Å². The monoisotopic (exact) mass is 142 g/mol. The second kappa shape index (κ2) is 5.18. The summed E-state index contributed by atoms with van der Waals surface area (Å²) in [6.45, 7) is 5.07. The van der Waals surface area contributed by atoms with E-state index in [0.717, 1.165) is 6.42 Å². The van der Waals surface area contributed by atoms with E-state index in [1.165, 1.54) is 6.08 Å². The lowest BCUT2D eigenvalue weighted by molar-refractivity contribution is -0.114. The number of rotatable bonds is 5. The highest BCUT2D eigenvalue weighted by molar-refractivity contribution is 5.88. The first-order valence-electron chi connectivity index (χ1n) is 3.50. The molecular formula is C8H14O2. The van der Waals surface area contributed by atoms with Gasteiger partial charge in [0.2, 0.25) is 0 Å². The van der Waals surface area contributed by atoms with Crippen molar-refractivity contribution in [1.82, 2.24) is 0 Å². The van der Waals surface area contributed by atoms with Gasteiger partial charge in [-0.15, -0.1) is 0 Å². The second-order valence-corrected chi connectivity index (χ2v) is 2.41. The molecule has 1 unspecified atom stereocenters. The number of carbonyl (C=O) groups excluding carboxylic acids is 1. The average molecular weight is 142 g/mol. The highest BCUT2D eigenvalue weighted by atomic mass is 16.3. The van der Waals surface area contributed by atoms with Gasteiger partial charge in [0.15, 0.2) is 5.78 Å². The van der Waals surface area contributed by atoms with Crippen LogP contribution in [0.1, 0.15) is 26.2 Å². The Morgan fingerprint density at radius 1 is 1.80 bits per heavy atom. The first-order chi connectivity index (χ1) is 4.66. The van der Waals surface area contributed by atoms with E-state index < -0.39 is 0 Å². The Labute approximate surface area is 61.6 Å². The third-order valence-electron chi connectivity index (χ3n) is 1.27. The van der Waals surface area contributed by atoms with Crippen molar-refractivity contribution in [3.8, 4) is 0 Å². The predicted octanol–water partition coefficient (Wildman–Crippen LogP) is 1.29. The minimum absolute atomic E-state index is 0.0562. The van der Waals surface area contributed by atoms with Gasteiger partial charge in [-0.25, -0.2) is 0 Å². The van der Waals surface area contributed by atoms with E-state index in [-0.39, 0.29) is 11.9 Å². The van der Waals surface area contributed by atoms with E-state index in [2.05, 4.69) is 6.58 Å². The molecule has 0 aliphatic heterocycles. The van der Waals surface area contributed by atoms with Crippen molar-refractivity contribution >= 4 is 5.78 Å². The van der Waals surface area contributed by atoms with E-state index in [1.807, 2.05) is 0 Å². The maximum absolute atomic E-state index is 10.6. The third-order valence-corrected chi connectivity index (χ3v) is 1.27. The topological polar surface area (TPSA) is 37.3 Å². The minimum atomic E-state index is -0.294. The van der Waals surface area contributed by atoms with Gasteiger partial charge < -0.3 is 5.11 Å². The number of allylic oxidation sites excluding steroid dienone is 1. The zero-order valence-corrected chi connectivity index (χ0v) is 6.34. The lowest BCUT2D eigenvalue weighted by Gasteiger charge is -2.00. The molecule has 2 nitrogen and oxygen atoms in total. The molecule has 0 bridgehead atoms. The summed E-state index contributed by atoms with van der Waals surface area (Å²) in [4.78, 5) is 10.6. The fourth-order valence-electron chi connectivity index (χ4n) is 0.674. The molecule has 0 rings (SSSR count). The summed E-state index contributed by atoms with van der Waals surface area (Å²) in [5.41, 5.74) is 0. The molecule has 0 amide bonds. The molecule has 1 atom stereocenters. The molecule has 0 aromatic rings. The first kappa shape index (κ1) is 9.37. The van der Waals surface area contributed by atoms with Crippen LogP contribution in [-0.2, 0) is 4.79 Å². The normalized spacial score (nSPS) is 12.6. The molecule has 0 heterocycles. The van der Waals surface area contributed by atoms with Crippen LogP contribution < -0.4 is 0 Å². The maximum Gasteiger partial charge on any atom is 0.155 e. The van der Waals surface area contributed by atoms with Gasteiger partial charge in [0, 0.05) is 6.42 Å². The molecule has 10 heavy (non-hydrogen) atoms. The van der Waals surface area contributed by atoms with Gasteiger partial charge in [-0.05, 0) is 25.8 Å². The van der Waals surface area contributed by atoms with Crippen LogP contribution >= 0.6 is 0 Å². The molecule has 58 valence electrons. The van der Waals surface area contributed by atoms with Gasteiger partial charge in [-0.1, -0.05) is 6.58 Å². The number of carbonyl (C=O) groups is 1. The van der Waals surface area contributed by atoms with Crippen molar-refractivity contribution in [3.63, 3.8) is 0 Å². The summed E-state index contributed by atoms with van der Waals surface area (Å²) >= 11 is 0. The fourth-order valence-corrected chi connectivity index (χ4v) is 0.674. The van der Waals surface area contributed by atoms with Crippen LogP contribution in [0.15, 0.2) is 12.7 Å². The molecule has 0 aromatic carbocycles. The van der Waals surface area contributed by atoms with E-state index in [1.54, 1.807) is 6.92 Å². The molecule has 0 aromatic heterocycles. The van der Waals surface area contributed by atoms with Gasteiger partial charge in [0.25, 0.3) is 0 Å². The molecule has 2 heteroatoms. The molecule has 0 aliphatic rings. The summed E-state index contributed by atoms with van der Waals surface area (Å²) in [6.07, 6.45) is 2.98. The lowest BCUT2D eigenvalue weighted by atomic mass is 10.1. The first-order valence-corrected chi connectivity index (χ1v) is 3.50. The number of ketones is 1. The molecule has 0 spiro atoms. The Kier molecular flexibility index (Phi) is 4.85. The maximum atomic E-state index is 10.6. The second-order valence-electron chi connectivity index (χ2n) is 2.41. The van der Waals surface area contributed by atoms with Crippen LogP contribution in [0.5, 0.6) is 0 Å². The standard InChI is InChI=1S/C8H14O2/c1-3-8(10)6-4-5-7(2)9/h3,7,9H,1,4-6H2,2H3. The van der Waals surface area contributed by atoms with Crippen LogP contribution in [-0.4, -0.2) is 17.0 Å². The summed E-state index contributed by atoms with van der Waals surface area (Å²) in [7, 11) is 0. The summed E-state index contributed by atoms with van der Waals surface area (Å²) in [5, 5.41) is 8.80. The smallest absolute Gasteiger partial charge is 0.155 e. The van der Waals surface area contributed by atoms with Crippen LogP contribution in [0.3, 0.4) is 0 Å². The van der Waals surface area contributed by atoms with Crippen molar-refractivity contribution in [2.45, 2.75) is 32.3 Å². The van der Waals surface area contributed by atoms with Crippen LogP contribution in [0.2, 0.25) is 0 Å². The van der Waals surface area contributed by atoms with Gasteiger partial charge in [0.1, 0.15) is 0 Å². The Balaban J connectivity index is 3.19. The number of hydrogen-bond donors (Lipinski definition) is 1. The average Bonchev–Trinajstić information content (AvgIpc) is 1.87. The summed E-state index contributed by atoms with van der Waals surface area (Å²) in [5.74, 6) is 0.0562. The highest BCUT2D eigenvalue weighted by Gasteiger charge is 1.98. The quantitative estimate of drug-likeness (QED) is 0.587. The zero-order chi connectivity index (χ0) is 7.98. The predicted molar refractivity (Wildman–Crippen MR) is 40.7 cm³/mol. The van der Waals surface area contributed by atoms with E-state index in [9.17, 15) is 4.79 Å². The molecule has 0 radical (unpaired) electrons. The van der Waals surface area contributed by atoms with Gasteiger partial charge in [-0.3, -0.25) is 4.79 Å². The SMILES string of the molecule is C=CC(=O)CCCC(C)O. The minimum Gasteiger partial charge on any atom is -0.393 e.